The summed E-state index contributed by atoms with van der Waals surface area (Å²) in [5.74, 6) is -0.680. The molecule has 0 radical (unpaired) electrons. The monoisotopic (exact) mass is 602 g/mol. The van der Waals surface area contributed by atoms with E-state index in [0.29, 0.717) is 11.3 Å². The van der Waals surface area contributed by atoms with Crippen molar-refractivity contribution >= 4 is 15.9 Å². The molecule has 0 saturated heterocycles. The fourth-order valence-corrected chi connectivity index (χ4v) is 5.49. The largest absolute Gasteiger partial charge is 0.497 e. The summed E-state index contributed by atoms with van der Waals surface area (Å²) < 4.78 is 88.0. The van der Waals surface area contributed by atoms with Crippen LogP contribution in [0.3, 0.4) is 0 Å². The topological polar surface area (TPSA) is 124 Å². The van der Waals surface area contributed by atoms with Crippen molar-refractivity contribution < 1.29 is 50.4 Å². The molecule has 0 spiro atoms. The molecule has 3 rings (SSSR count). The molecule has 0 bridgehead atoms. The van der Waals surface area contributed by atoms with Crippen LogP contribution in [0.5, 0.6) is 5.75 Å². The minimum atomic E-state index is -4.49. The highest BCUT2D eigenvalue weighted by atomic mass is 32.2. The van der Waals surface area contributed by atoms with Crippen molar-refractivity contribution in [1.82, 2.24) is 9.62 Å². The van der Waals surface area contributed by atoms with Crippen LogP contribution in [0.4, 0.5) is 13.2 Å². The Morgan fingerprint density at radius 3 is 2.34 bits per heavy atom. The van der Waals surface area contributed by atoms with Gasteiger partial charge in [0.25, 0.3) is 5.91 Å². The number of benzene rings is 2. The molecule has 2 N–H and O–H groups in total. The second kappa shape index (κ2) is 14.6. The van der Waals surface area contributed by atoms with E-state index < -0.39 is 46.5 Å². The third-order valence-corrected chi connectivity index (χ3v) is 8.14. The first kappa shape index (κ1) is 32.3. The fraction of sp³-hybridized carbons (Fsp3) is 0.444. The molecule has 0 fully saturated rings. The lowest BCUT2D eigenvalue weighted by molar-refractivity contribution is -0.146. The molecule has 0 unspecified atom stereocenters. The number of hydrogen-bond donors (Lipinski definition) is 2. The number of carbonyl (C=O) groups excluding carboxylic acids is 1. The number of methoxy groups -OCH3 is 2. The fourth-order valence-electron chi connectivity index (χ4n) is 4.07. The molecule has 14 heteroatoms. The molecule has 1 heterocycles. The SMILES string of the molecule is COCCNC(=O)C1=C[C@H](c2ccc(C(F)(F)F)cc2)C[C@H](OCCN(CCO)S(=O)(=O)c2ccc(OC)cc2)O1. The van der Waals surface area contributed by atoms with Crippen molar-refractivity contribution in [1.29, 1.82) is 0 Å². The van der Waals surface area contributed by atoms with Crippen molar-refractivity contribution in [2.75, 3.05) is 53.7 Å². The first-order chi connectivity index (χ1) is 19.5. The van der Waals surface area contributed by atoms with Crippen LogP contribution in [-0.2, 0) is 35.2 Å². The number of alkyl halides is 3. The van der Waals surface area contributed by atoms with Crippen LogP contribution in [0.2, 0.25) is 0 Å². The third kappa shape index (κ3) is 8.91. The minimum Gasteiger partial charge on any atom is -0.497 e. The first-order valence-corrected chi connectivity index (χ1v) is 14.1. The quantitative estimate of drug-likeness (QED) is 0.317. The van der Waals surface area contributed by atoms with Crippen molar-refractivity contribution in [3.05, 3.63) is 71.5 Å². The van der Waals surface area contributed by atoms with Crippen LogP contribution in [-0.4, -0.2) is 83.7 Å². The van der Waals surface area contributed by atoms with Gasteiger partial charge in [-0.1, -0.05) is 12.1 Å². The minimum absolute atomic E-state index is 0.000911. The van der Waals surface area contributed by atoms with Crippen LogP contribution < -0.4 is 10.1 Å². The maximum absolute atomic E-state index is 13.1. The van der Waals surface area contributed by atoms with E-state index in [0.717, 1.165) is 16.4 Å². The van der Waals surface area contributed by atoms with Gasteiger partial charge in [-0.25, -0.2) is 8.42 Å². The molecule has 0 saturated carbocycles. The van der Waals surface area contributed by atoms with Gasteiger partial charge in [-0.15, -0.1) is 0 Å². The Labute approximate surface area is 236 Å². The highest BCUT2D eigenvalue weighted by Gasteiger charge is 2.32. The van der Waals surface area contributed by atoms with Crippen LogP contribution in [0.1, 0.15) is 23.5 Å². The van der Waals surface area contributed by atoms with Gasteiger partial charge < -0.3 is 29.4 Å². The maximum atomic E-state index is 13.1. The molecule has 0 aromatic heterocycles. The van der Waals surface area contributed by atoms with Crippen molar-refractivity contribution in [3.8, 4) is 5.75 Å². The van der Waals surface area contributed by atoms with Gasteiger partial charge in [0.05, 0.1) is 37.4 Å². The average molecular weight is 603 g/mol. The number of aliphatic hydroxyl groups is 1. The Kier molecular flexibility index (Phi) is 11.5. The number of allylic oxidation sites excluding steroid dienone is 1. The van der Waals surface area contributed by atoms with Gasteiger partial charge in [0.2, 0.25) is 16.3 Å². The number of sulfonamides is 1. The number of nitrogens with zero attached hydrogens (tertiary/aromatic N) is 1. The summed E-state index contributed by atoms with van der Waals surface area (Å²) in [4.78, 5) is 12.7. The Morgan fingerprint density at radius 1 is 1.07 bits per heavy atom. The predicted octanol–water partition coefficient (Wildman–Crippen LogP) is 2.89. The molecule has 0 aliphatic carbocycles. The van der Waals surface area contributed by atoms with E-state index in [1.165, 1.54) is 56.7 Å². The van der Waals surface area contributed by atoms with Gasteiger partial charge in [-0.3, -0.25) is 4.79 Å². The number of nitrogens with one attached hydrogen (secondary N) is 1. The van der Waals surface area contributed by atoms with E-state index in [-0.39, 0.29) is 49.9 Å². The summed E-state index contributed by atoms with van der Waals surface area (Å²) in [7, 11) is -1.05. The Balaban J connectivity index is 1.73. The molecule has 1 amide bonds. The van der Waals surface area contributed by atoms with Gasteiger partial charge in [-0.05, 0) is 48.0 Å². The lowest BCUT2D eigenvalue weighted by Gasteiger charge is -2.30. The molecule has 226 valence electrons. The zero-order chi connectivity index (χ0) is 30.0. The number of hydrogen-bond acceptors (Lipinski definition) is 8. The van der Waals surface area contributed by atoms with E-state index in [4.69, 9.17) is 18.9 Å². The first-order valence-electron chi connectivity index (χ1n) is 12.7. The summed E-state index contributed by atoms with van der Waals surface area (Å²) in [5.41, 5.74) is -0.286. The lowest BCUT2D eigenvalue weighted by Crippen LogP contribution is -2.38. The molecule has 10 nitrogen and oxygen atoms in total. The van der Waals surface area contributed by atoms with Crippen LogP contribution in [0.15, 0.2) is 65.3 Å². The smallest absolute Gasteiger partial charge is 0.416 e. The summed E-state index contributed by atoms with van der Waals surface area (Å²) >= 11 is 0. The lowest BCUT2D eigenvalue weighted by atomic mass is 9.92. The second-order valence-corrected chi connectivity index (χ2v) is 10.9. The van der Waals surface area contributed by atoms with Crippen molar-refractivity contribution in [3.63, 3.8) is 0 Å². The Bertz CT molecular complexity index is 1270. The van der Waals surface area contributed by atoms with E-state index in [2.05, 4.69) is 5.32 Å². The molecule has 2 aromatic rings. The average Bonchev–Trinajstić information content (AvgIpc) is 2.96. The zero-order valence-electron chi connectivity index (χ0n) is 22.6. The standard InChI is InChI=1S/C27H33F3N2O8S/c1-37-15-11-31-26(34)24-17-20(19-3-5-21(6-4-19)27(28,29)30)18-25(40-24)39-16-13-32(12-14-33)41(35,36)23-9-7-22(38-2)8-10-23/h3-10,17,20,25,33H,11-16,18H2,1-2H3,(H,31,34)/t20-,25+/m0/s1. The van der Waals surface area contributed by atoms with Gasteiger partial charge in [0.1, 0.15) is 5.75 Å². The molecule has 1 aliphatic heterocycles. The van der Waals surface area contributed by atoms with Crippen LogP contribution in [0, 0.1) is 0 Å². The highest BCUT2D eigenvalue weighted by Crippen LogP contribution is 2.34. The molecule has 2 atom stereocenters. The second-order valence-electron chi connectivity index (χ2n) is 8.96. The highest BCUT2D eigenvalue weighted by molar-refractivity contribution is 7.89. The number of amides is 1. The normalized spacial score (nSPS) is 17.6. The molecular weight excluding hydrogens is 569 g/mol. The molecule has 1 aliphatic rings. The number of carbonyl (C=O) groups is 1. The van der Waals surface area contributed by atoms with E-state index in [1.807, 2.05) is 0 Å². The number of ether oxygens (including phenoxy) is 4. The number of halogens is 3. The van der Waals surface area contributed by atoms with Crippen molar-refractivity contribution in [2.45, 2.75) is 29.7 Å². The number of rotatable bonds is 14. The van der Waals surface area contributed by atoms with Crippen molar-refractivity contribution in [2.24, 2.45) is 0 Å². The molecule has 2 aromatic carbocycles. The van der Waals surface area contributed by atoms with Gasteiger partial charge in [0, 0.05) is 39.1 Å². The van der Waals surface area contributed by atoms with Crippen LogP contribution >= 0.6 is 0 Å². The number of aliphatic hydroxyl groups excluding tert-OH is 1. The Hall–Kier alpha value is -3.17. The van der Waals surface area contributed by atoms with E-state index >= 15 is 0 Å². The van der Waals surface area contributed by atoms with E-state index in [9.17, 15) is 31.5 Å². The molecular formula is C27H33F3N2O8S. The summed E-state index contributed by atoms with van der Waals surface area (Å²) in [5, 5.41) is 12.1. The predicted molar refractivity (Wildman–Crippen MR) is 141 cm³/mol. The summed E-state index contributed by atoms with van der Waals surface area (Å²) in [6.07, 6.45) is -3.83. The maximum Gasteiger partial charge on any atom is 0.416 e. The van der Waals surface area contributed by atoms with Crippen LogP contribution in [0.25, 0.3) is 0 Å². The third-order valence-electron chi connectivity index (χ3n) is 6.23. The van der Waals surface area contributed by atoms with E-state index in [1.54, 1.807) is 0 Å². The Morgan fingerprint density at radius 2 is 1.76 bits per heavy atom. The zero-order valence-corrected chi connectivity index (χ0v) is 23.4. The van der Waals surface area contributed by atoms with Gasteiger partial charge >= 0.3 is 6.18 Å². The molecule has 41 heavy (non-hydrogen) atoms. The summed E-state index contributed by atoms with van der Waals surface area (Å²) in [6.45, 7) is -0.460. The summed E-state index contributed by atoms with van der Waals surface area (Å²) in [6, 6.07) is 10.4. The van der Waals surface area contributed by atoms with Gasteiger partial charge in [0.15, 0.2) is 5.76 Å². The van der Waals surface area contributed by atoms with Gasteiger partial charge in [-0.2, -0.15) is 17.5 Å².